The van der Waals surface area contributed by atoms with Crippen molar-refractivity contribution in [1.82, 2.24) is 14.5 Å². The van der Waals surface area contributed by atoms with E-state index in [0.717, 1.165) is 35.2 Å². The number of aromatic nitrogens is 2. The second-order valence-corrected chi connectivity index (χ2v) is 8.90. The fourth-order valence-corrected chi connectivity index (χ4v) is 5.00. The van der Waals surface area contributed by atoms with Gasteiger partial charge in [-0.15, -0.1) is 0 Å². The van der Waals surface area contributed by atoms with E-state index in [1.165, 1.54) is 18.9 Å². The number of hydrogen-bond acceptors (Lipinski definition) is 3. The number of ether oxygens (including phenoxy) is 1. The minimum Gasteiger partial charge on any atom is -0.480 e. The minimum atomic E-state index is -0.513. The first-order chi connectivity index (χ1) is 15.1. The van der Waals surface area contributed by atoms with Crippen molar-refractivity contribution in [3.63, 3.8) is 0 Å². The molecule has 6 rings (SSSR count). The zero-order valence-electron chi connectivity index (χ0n) is 17.3. The van der Waals surface area contributed by atoms with Crippen molar-refractivity contribution in [3.8, 4) is 17.0 Å². The van der Waals surface area contributed by atoms with Crippen LogP contribution < -0.4 is 4.74 Å². The summed E-state index contributed by atoms with van der Waals surface area (Å²) in [5, 5.41) is 0. The van der Waals surface area contributed by atoms with Crippen LogP contribution in [0.25, 0.3) is 11.3 Å². The van der Waals surface area contributed by atoms with Crippen molar-refractivity contribution in [1.29, 1.82) is 0 Å². The van der Waals surface area contributed by atoms with Crippen LogP contribution >= 0.6 is 0 Å². The molecule has 0 bridgehead atoms. The van der Waals surface area contributed by atoms with E-state index in [2.05, 4.69) is 10.6 Å². The molecule has 1 aliphatic carbocycles. The zero-order chi connectivity index (χ0) is 21.0. The first-order valence-electron chi connectivity index (χ1n) is 11.0. The Morgan fingerprint density at radius 2 is 1.84 bits per heavy atom. The summed E-state index contributed by atoms with van der Waals surface area (Å²) in [4.78, 5) is 19.5. The second kappa shape index (κ2) is 6.94. The maximum absolute atomic E-state index is 14.2. The number of nitrogens with zero attached hydrogens (tertiary/aromatic N) is 3. The molecule has 3 aliphatic rings. The van der Waals surface area contributed by atoms with E-state index in [4.69, 9.17) is 9.72 Å². The number of fused-ring (bicyclic) bond motifs is 4. The van der Waals surface area contributed by atoms with Crippen LogP contribution in [0.5, 0.6) is 5.75 Å². The maximum atomic E-state index is 14.2. The summed E-state index contributed by atoms with van der Waals surface area (Å²) in [6, 6.07) is 14.2. The average Bonchev–Trinajstić information content (AvgIpc) is 3.51. The quantitative estimate of drug-likeness (QED) is 0.625. The number of halogens is 1. The van der Waals surface area contributed by atoms with Gasteiger partial charge in [-0.05, 0) is 43.0 Å². The molecular formula is C25H24FN3O2. The first kappa shape index (κ1) is 18.6. The number of imidazole rings is 1. The number of likely N-dealkylation sites (tertiary alicyclic amines) is 1. The Morgan fingerprint density at radius 1 is 1.10 bits per heavy atom. The summed E-state index contributed by atoms with van der Waals surface area (Å²) in [6.45, 7) is 2.00. The molecule has 0 N–H and O–H groups in total. The Labute approximate surface area is 180 Å². The molecule has 1 saturated carbocycles. The molecule has 158 valence electrons. The van der Waals surface area contributed by atoms with Crippen LogP contribution in [0, 0.1) is 11.7 Å². The molecule has 2 aromatic carbocycles. The molecule has 0 atom stereocenters. The smallest absolute Gasteiger partial charge is 0.256 e. The minimum absolute atomic E-state index is 0.132. The van der Waals surface area contributed by atoms with E-state index >= 15 is 0 Å². The van der Waals surface area contributed by atoms with Gasteiger partial charge in [-0.2, -0.15) is 0 Å². The van der Waals surface area contributed by atoms with Gasteiger partial charge >= 0.3 is 0 Å². The molecule has 1 amide bonds. The van der Waals surface area contributed by atoms with Gasteiger partial charge < -0.3 is 14.2 Å². The number of carbonyl (C=O) groups is 1. The molecule has 3 heterocycles. The van der Waals surface area contributed by atoms with Crippen molar-refractivity contribution in [2.75, 3.05) is 13.1 Å². The maximum Gasteiger partial charge on any atom is 0.256 e. The van der Waals surface area contributed by atoms with E-state index in [1.54, 1.807) is 23.1 Å². The number of piperidine rings is 1. The molecule has 2 fully saturated rings. The van der Waals surface area contributed by atoms with Crippen molar-refractivity contribution < 1.29 is 13.9 Å². The lowest BCUT2D eigenvalue weighted by Crippen LogP contribution is -2.50. The van der Waals surface area contributed by atoms with Crippen LogP contribution in [-0.4, -0.2) is 33.4 Å². The number of rotatable bonds is 3. The van der Waals surface area contributed by atoms with E-state index in [9.17, 15) is 9.18 Å². The van der Waals surface area contributed by atoms with Gasteiger partial charge in [0.2, 0.25) is 0 Å². The first-order valence-corrected chi connectivity index (χ1v) is 11.0. The molecule has 6 heteroatoms. The van der Waals surface area contributed by atoms with Crippen molar-refractivity contribution >= 4 is 5.91 Å². The van der Waals surface area contributed by atoms with Crippen molar-refractivity contribution in [2.24, 2.45) is 5.92 Å². The van der Waals surface area contributed by atoms with Gasteiger partial charge in [0, 0.05) is 38.0 Å². The number of amides is 1. The molecule has 3 aromatic rings. The second-order valence-electron chi connectivity index (χ2n) is 8.90. The van der Waals surface area contributed by atoms with E-state index in [1.807, 2.05) is 24.5 Å². The highest BCUT2D eigenvalue weighted by molar-refractivity contribution is 5.94. The topological polar surface area (TPSA) is 47.4 Å². The van der Waals surface area contributed by atoms with Crippen molar-refractivity contribution in [2.45, 2.75) is 37.8 Å². The Kier molecular flexibility index (Phi) is 4.16. The summed E-state index contributed by atoms with van der Waals surface area (Å²) in [5.74, 6) is 0.840. The zero-order valence-corrected chi connectivity index (χ0v) is 17.3. The number of carbonyl (C=O) groups excluding carboxylic acids is 1. The highest BCUT2D eigenvalue weighted by Gasteiger charge is 2.47. The van der Waals surface area contributed by atoms with E-state index < -0.39 is 11.4 Å². The summed E-state index contributed by atoms with van der Waals surface area (Å²) < 4.78 is 23.1. The van der Waals surface area contributed by atoms with Gasteiger partial charge in [0.1, 0.15) is 11.6 Å². The summed E-state index contributed by atoms with van der Waals surface area (Å²) in [5.41, 5.74) is 2.78. The molecule has 1 aromatic heterocycles. The monoisotopic (exact) mass is 417 g/mol. The van der Waals surface area contributed by atoms with Gasteiger partial charge in [-0.3, -0.25) is 4.79 Å². The van der Waals surface area contributed by atoms with Gasteiger partial charge in [0.25, 0.3) is 5.91 Å². The predicted molar refractivity (Wildman–Crippen MR) is 114 cm³/mol. The molecule has 2 aliphatic heterocycles. The molecular weight excluding hydrogens is 393 g/mol. The summed E-state index contributed by atoms with van der Waals surface area (Å²) in [7, 11) is 0. The number of para-hydroxylation sites is 1. The van der Waals surface area contributed by atoms with E-state index in [0.29, 0.717) is 25.9 Å². The highest BCUT2D eigenvalue weighted by Crippen LogP contribution is 2.49. The lowest BCUT2D eigenvalue weighted by molar-refractivity contribution is -0.00754. The van der Waals surface area contributed by atoms with Crippen LogP contribution in [0.1, 0.15) is 41.7 Å². The Hall–Kier alpha value is -3.15. The fraction of sp³-hybridized carbons (Fsp3) is 0.360. The van der Waals surface area contributed by atoms with Gasteiger partial charge in [-0.1, -0.05) is 24.3 Å². The third kappa shape index (κ3) is 3.04. The summed E-state index contributed by atoms with van der Waals surface area (Å²) in [6.07, 6.45) is 5.80. The molecule has 1 spiro atoms. The van der Waals surface area contributed by atoms with Gasteiger partial charge in [0.15, 0.2) is 5.60 Å². The third-order valence-corrected chi connectivity index (χ3v) is 6.83. The Morgan fingerprint density at radius 3 is 2.61 bits per heavy atom. The van der Waals surface area contributed by atoms with Gasteiger partial charge in [-0.25, -0.2) is 9.37 Å². The standard InChI is InChI=1S/C25H24FN3O2/c26-20-7-3-1-5-18(20)24(30)28-13-11-25(12-14-28)23-22(19-6-2-4-8-21(19)31-25)27-16-29(23)15-17-9-10-17/h1-8,16-17H,9-15H2. The van der Waals surface area contributed by atoms with Crippen LogP contribution in [-0.2, 0) is 12.1 Å². The highest BCUT2D eigenvalue weighted by atomic mass is 19.1. The lowest BCUT2D eigenvalue weighted by atomic mass is 9.83. The SMILES string of the molecule is O=C(c1ccccc1F)N1CCC2(CC1)Oc1ccccc1-c1ncn(CC3CC3)c12. The third-order valence-electron chi connectivity index (χ3n) is 6.83. The normalized spacial score (nSPS) is 18.9. The largest absolute Gasteiger partial charge is 0.480 e. The van der Waals surface area contributed by atoms with Crippen LogP contribution in [0.3, 0.4) is 0 Å². The summed E-state index contributed by atoms with van der Waals surface area (Å²) >= 11 is 0. The van der Waals surface area contributed by atoms with Gasteiger partial charge in [0.05, 0.1) is 23.3 Å². The fourth-order valence-electron chi connectivity index (χ4n) is 5.00. The van der Waals surface area contributed by atoms with E-state index in [-0.39, 0.29) is 11.5 Å². The lowest BCUT2D eigenvalue weighted by Gasteiger charge is -2.44. The van der Waals surface area contributed by atoms with Crippen LogP contribution in [0.2, 0.25) is 0 Å². The number of benzene rings is 2. The van der Waals surface area contributed by atoms with Crippen LogP contribution in [0.4, 0.5) is 4.39 Å². The molecule has 31 heavy (non-hydrogen) atoms. The van der Waals surface area contributed by atoms with Crippen molar-refractivity contribution in [3.05, 3.63) is 71.9 Å². The molecule has 0 radical (unpaired) electrons. The Balaban J connectivity index is 1.33. The molecule has 1 saturated heterocycles. The van der Waals surface area contributed by atoms with Crippen LogP contribution in [0.15, 0.2) is 54.9 Å². The Bertz CT molecular complexity index is 1160. The molecule has 5 nitrogen and oxygen atoms in total. The average molecular weight is 417 g/mol. The number of hydrogen-bond donors (Lipinski definition) is 0. The molecule has 0 unspecified atom stereocenters. The predicted octanol–water partition coefficient (Wildman–Crippen LogP) is 4.62.